The van der Waals surface area contributed by atoms with E-state index >= 15 is 0 Å². The molecule has 4 N–H and O–H groups in total. The highest BCUT2D eigenvalue weighted by molar-refractivity contribution is 6.99. The second kappa shape index (κ2) is 15.6. The predicted octanol–water partition coefficient (Wildman–Crippen LogP) is 5.41. The third-order valence-corrected chi connectivity index (χ3v) is 13.6. The Morgan fingerprint density at radius 3 is 2.24 bits per heavy atom. The lowest BCUT2D eigenvalue weighted by Gasteiger charge is -2.43. The topological polar surface area (TPSA) is 157 Å². The van der Waals surface area contributed by atoms with Crippen LogP contribution in [-0.4, -0.2) is 69.1 Å². The minimum Gasteiger partial charge on any atom is -0.496 e. The summed E-state index contributed by atoms with van der Waals surface area (Å²) in [6, 6.07) is 22.8. The Bertz CT molecular complexity index is 1810. The molecule has 0 aliphatic carbocycles. The summed E-state index contributed by atoms with van der Waals surface area (Å²) in [6.45, 7) is 9.49. The molecule has 0 radical (unpaired) electrons. The Morgan fingerprint density at radius 2 is 1.67 bits per heavy atom. The number of nitrogens with one attached hydrogen (secondary N) is 2. The van der Waals surface area contributed by atoms with Gasteiger partial charge in [0.25, 0.3) is 8.32 Å². The number of carboxylic acid groups (broad SMARTS) is 1. The Labute approximate surface area is 287 Å². The molecular weight excluding hydrogens is 639 g/mol. The van der Waals surface area contributed by atoms with E-state index in [1.165, 1.54) is 10.4 Å². The number of methoxy groups -OCH3 is 1. The zero-order valence-corrected chi connectivity index (χ0v) is 29.7. The molecule has 0 fully saturated rings. The molecule has 258 valence electrons. The van der Waals surface area contributed by atoms with E-state index in [4.69, 9.17) is 9.16 Å². The van der Waals surface area contributed by atoms with Gasteiger partial charge < -0.3 is 24.7 Å². The number of benzene rings is 2. The molecule has 13 heteroatoms. The average Bonchev–Trinajstić information content (AvgIpc) is 3.49. The Morgan fingerprint density at radius 1 is 1.00 bits per heavy atom. The van der Waals surface area contributed by atoms with Crippen LogP contribution in [0.3, 0.4) is 0 Å². The van der Waals surface area contributed by atoms with E-state index in [9.17, 15) is 15.0 Å². The summed E-state index contributed by atoms with van der Waals surface area (Å²) in [5.41, 5.74) is 2.31. The number of hydrogen-bond donors (Lipinski definition) is 4. The predicted molar refractivity (Wildman–Crippen MR) is 193 cm³/mol. The minimum absolute atomic E-state index is 0.0487. The van der Waals surface area contributed by atoms with Crippen molar-refractivity contribution in [1.29, 1.82) is 0 Å². The normalized spacial score (nSPS) is 12.5. The molecule has 3 heterocycles. The fourth-order valence-corrected chi connectivity index (χ4v) is 11.0. The van der Waals surface area contributed by atoms with Gasteiger partial charge in [-0.25, -0.2) is 9.78 Å². The first-order valence-corrected chi connectivity index (χ1v) is 18.4. The van der Waals surface area contributed by atoms with Crippen LogP contribution < -0.4 is 25.7 Å². The van der Waals surface area contributed by atoms with Crippen molar-refractivity contribution in [3.8, 4) is 5.75 Å². The zero-order chi connectivity index (χ0) is 35.0. The molecule has 12 nitrogen and oxygen atoms in total. The maximum atomic E-state index is 11.6. The summed E-state index contributed by atoms with van der Waals surface area (Å²) in [5.74, 6) is 0.966. The molecule has 2 aromatic carbocycles. The standard InChI is InChI=1S/C36H45N7O5Si/c1-6-13-26(18-19-48-49(36(2,3)4,28-14-9-7-10-15-28)29-16-11-8-12-17-29)39-33-32-30(40-34(41-33)42-35(45)46)22-38-43(32)23-25-21-37-27(24-44)20-31(25)47-5/h7-12,14-17,20-22,26,44H,6,13,18-19,23-24H2,1-5H3,(H,45,46)(H2,39,40,41,42)/t26-/m0/s1. The van der Waals surface area contributed by atoms with Crippen LogP contribution in [-0.2, 0) is 17.6 Å². The lowest BCUT2D eigenvalue weighted by Crippen LogP contribution is -2.66. The molecule has 0 bridgehead atoms. The smallest absolute Gasteiger partial charge is 0.411 e. The number of pyridine rings is 1. The second-order valence-electron chi connectivity index (χ2n) is 12.9. The SMILES string of the molecule is CCC[C@@H](CCO[Si](c1ccccc1)(c1ccccc1)C(C)(C)C)Nc1nc(NC(=O)O)nc2cnn(Cc3cnc(CO)cc3OC)c12. The third-order valence-electron chi connectivity index (χ3n) is 8.59. The monoisotopic (exact) mass is 683 g/mol. The van der Waals surface area contributed by atoms with Gasteiger partial charge >= 0.3 is 6.09 Å². The quantitative estimate of drug-likeness (QED) is 0.105. The molecule has 0 saturated heterocycles. The molecule has 0 saturated carbocycles. The van der Waals surface area contributed by atoms with Gasteiger partial charge in [0.1, 0.15) is 16.8 Å². The Kier molecular flexibility index (Phi) is 11.3. The van der Waals surface area contributed by atoms with Crippen molar-refractivity contribution < 1.29 is 24.2 Å². The second-order valence-corrected chi connectivity index (χ2v) is 17.2. The molecule has 0 aliphatic rings. The summed E-state index contributed by atoms with van der Waals surface area (Å²) in [4.78, 5) is 24.9. The molecule has 0 aliphatic heterocycles. The van der Waals surface area contributed by atoms with Crippen LogP contribution in [0.25, 0.3) is 11.0 Å². The number of anilines is 2. The van der Waals surface area contributed by atoms with Crippen LogP contribution in [0.4, 0.5) is 16.6 Å². The fraction of sp³-hybridized carbons (Fsp3) is 0.361. The maximum Gasteiger partial charge on any atom is 0.411 e. The molecule has 5 aromatic rings. The van der Waals surface area contributed by atoms with E-state index in [-0.39, 0.29) is 30.2 Å². The molecule has 0 spiro atoms. The molecule has 1 amide bonds. The van der Waals surface area contributed by atoms with Crippen molar-refractivity contribution in [2.45, 2.75) is 71.2 Å². The highest BCUT2D eigenvalue weighted by Crippen LogP contribution is 2.37. The van der Waals surface area contributed by atoms with E-state index in [2.05, 4.69) is 107 Å². The van der Waals surface area contributed by atoms with E-state index in [1.807, 2.05) is 12.1 Å². The van der Waals surface area contributed by atoms with Gasteiger partial charge in [-0.05, 0) is 28.3 Å². The van der Waals surface area contributed by atoms with Crippen molar-refractivity contribution in [3.05, 3.63) is 90.4 Å². The molecule has 5 rings (SSSR count). The van der Waals surface area contributed by atoms with Crippen LogP contribution in [0.1, 0.15) is 58.2 Å². The number of aliphatic hydroxyl groups excluding tert-OH is 1. The molecule has 3 aromatic heterocycles. The Hall–Kier alpha value is -4.85. The third kappa shape index (κ3) is 7.90. The number of aliphatic hydroxyl groups is 1. The number of hydrogen-bond acceptors (Lipinski definition) is 9. The van der Waals surface area contributed by atoms with Crippen molar-refractivity contribution in [1.82, 2.24) is 24.7 Å². The largest absolute Gasteiger partial charge is 0.496 e. The molecule has 0 unspecified atom stereocenters. The van der Waals surface area contributed by atoms with E-state index in [1.54, 1.807) is 30.3 Å². The number of rotatable bonds is 15. The first kappa shape index (κ1) is 35.5. The van der Waals surface area contributed by atoms with E-state index in [0.29, 0.717) is 41.3 Å². The summed E-state index contributed by atoms with van der Waals surface area (Å²) < 4.78 is 14.5. The lowest BCUT2D eigenvalue weighted by molar-refractivity contribution is 0.209. The van der Waals surface area contributed by atoms with Crippen LogP contribution in [0.15, 0.2) is 79.1 Å². The van der Waals surface area contributed by atoms with Gasteiger partial charge in [-0.3, -0.25) is 15.0 Å². The highest BCUT2D eigenvalue weighted by atomic mass is 28.4. The minimum atomic E-state index is -2.74. The van der Waals surface area contributed by atoms with Gasteiger partial charge in [0.15, 0.2) is 5.82 Å². The molecule has 1 atom stereocenters. The van der Waals surface area contributed by atoms with Gasteiger partial charge in [-0.15, -0.1) is 0 Å². The summed E-state index contributed by atoms with van der Waals surface area (Å²) in [5, 5.41) is 31.8. The number of ether oxygens (including phenoxy) is 1. The number of fused-ring (bicyclic) bond motifs is 1. The first-order chi connectivity index (χ1) is 23.6. The number of nitrogens with zero attached hydrogens (tertiary/aromatic N) is 5. The molecular formula is C36H45N7O5Si. The first-order valence-electron chi connectivity index (χ1n) is 16.5. The lowest BCUT2D eigenvalue weighted by atomic mass is 10.1. The molecule has 49 heavy (non-hydrogen) atoms. The van der Waals surface area contributed by atoms with E-state index in [0.717, 1.165) is 18.4 Å². The zero-order valence-electron chi connectivity index (χ0n) is 28.7. The van der Waals surface area contributed by atoms with Gasteiger partial charge in [0.2, 0.25) is 5.95 Å². The van der Waals surface area contributed by atoms with Crippen LogP contribution >= 0.6 is 0 Å². The van der Waals surface area contributed by atoms with Gasteiger partial charge in [0.05, 0.1) is 32.2 Å². The van der Waals surface area contributed by atoms with Crippen molar-refractivity contribution in [2.75, 3.05) is 24.4 Å². The summed E-state index contributed by atoms with van der Waals surface area (Å²) >= 11 is 0. The van der Waals surface area contributed by atoms with Gasteiger partial charge in [0, 0.05) is 30.5 Å². The number of carbonyl (C=O) groups is 1. The van der Waals surface area contributed by atoms with E-state index < -0.39 is 14.4 Å². The number of amides is 1. The highest BCUT2D eigenvalue weighted by Gasteiger charge is 2.50. The maximum absolute atomic E-state index is 11.6. The van der Waals surface area contributed by atoms with Gasteiger partial charge in [-0.2, -0.15) is 10.1 Å². The number of aromatic nitrogens is 5. The summed E-state index contributed by atoms with van der Waals surface area (Å²) in [7, 11) is -1.18. The van der Waals surface area contributed by atoms with Crippen molar-refractivity contribution in [2.24, 2.45) is 0 Å². The van der Waals surface area contributed by atoms with Gasteiger partial charge in [-0.1, -0.05) is 94.8 Å². The summed E-state index contributed by atoms with van der Waals surface area (Å²) in [6.07, 6.45) is 4.38. The van der Waals surface area contributed by atoms with Crippen LogP contribution in [0.5, 0.6) is 5.75 Å². The van der Waals surface area contributed by atoms with Crippen LogP contribution in [0, 0.1) is 0 Å². The van der Waals surface area contributed by atoms with Crippen LogP contribution in [0.2, 0.25) is 5.04 Å². The Balaban J connectivity index is 1.48. The average molecular weight is 684 g/mol. The van der Waals surface area contributed by atoms with Crippen molar-refractivity contribution in [3.63, 3.8) is 0 Å². The fourth-order valence-electron chi connectivity index (χ4n) is 6.38. The van der Waals surface area contributed by atoms with Crippen molar-refractivity contribution >= 4 is 47.6 Å².